The van der Waals surface area contributed by atoms with Gasteiger partial charge in [0.1, 0.15) is 0 Å². The predicted molar refractivity (Wildman–Crippen MR) is 86.4 cm³/mol. The molecule has 0 saturated carbocycles. The summed E-state index contributed by atoms with van der Waals surface area (Å²) in [5.41, 5.74) is 9.07. The number of hydrogen-bond donors (Lipinski definition) is 1. The highest BCUT2D eigenvalue weighted by Crippen LogP contribution is 2.29. The highest BCUT2D eigenvalue weighted by Gasteiger charge is 2.14. The fraction of sp³-hybridized carbons (Fsp3) is 0.0714. The number of aryl methyl sites for hydroxylation is 1. The maximum atomic E-state index is 6.24. The van der Waals surface area contributed by atoms with Crippen molar-refractivity contribution in [1.82, 2.24) is 20.2 Å². The maximum absolute atomic E-state index is 6.24. The van der Waals surface area contributed by atoms with Crippen molar-refractivity contribution < 1.29 is 0 Å². The van der Waals surface area contributed by atoms with E-state index in [0.717, 1.165) is 15.7 Å². The number of tetrazole rings is 1. The zero-order valence-electron chi connectivity index (χ0n) is 11.1. The van der Waals surface area contributed by atoms with E-state index in [0.29, 0.717) is 22.1 Å². The van der Waals surface area contributed by atoms with E-state index in [1.807, 2.05) is 25.1 Å². The Labute approximate surface area is 134 Å². The second-order valence-electron chi connectivity index (χ2n) is 4.64. The Morgan fingerprint density at radius 1 is 1.19 bits per heavy atom. The van der Waals surface area contributed by atoms with E-state index in [4.69, 9.17) is 17.3 Å². The predicted octanol–water partition coefficient (Wildman–Crippen LogP) is 3.64. The number of nitrogen functional groups attached to an aromatic ring is 1. The van der Waals surface area contributed by atoms with Crippen molar-refractivity contribution in [3.8, 4) is 17.1 Å². The third-order valence-electron chi connectivity index (χ3n) is 2.97. The first-order valence-corrected chi connectivity index (χ1v) is 7.33. The van der Waals surface area contributed by atoms with Gasteiger partial charge in [0.05, 0.1) is 10.7 Å². The Bertz CT molecular complexity index is 795. The van der Waals surface area contributed by atoms with E-state index in [9.17, 15) is 0 Å². The monoisotopic (exact) mass is 363 g/mol. The van der Waals surface area contributed by atoms with Crippen LogP contribution >= 0.6 is 27.5 Å². The summed E-state index contributed by atoms with van der Waals surface area (Å²) in [5, 5.41) is 12.4. The van der Waals surface area contributed by atoms with Gasteiger partial charge in [-0.05, 0) is 59.3 Å². The number of nitrogens with zero attached hydrogens (tertiary/aromatic N) is 4. The van der Waals surface area contributed by atoms with Crippen LogP contribution in [-0.4, -0.2) is 20.2 Å². The number of nitrogens with two attached hydrogens (primary N) is 1. The summed E-state index contributed by atoms with van der Waals surface area (Å²) < 4.78 is 2.59. The minimum atomic E-state index is 0.546. The van der Waals surface area contributed by atoms with E-state index < -0.39 is 0 Å². The molecule has 0 fully saturated rings. The molecule has 0 aliphatic rings. The zero-order valence-corrected chi connectivity index (χ0v) is 13.4. The second-order valence-corrected chi connectivity index (χ2v) is 5.96. The molecule has 0 aliphatic heterocycles. The summed E-state index contributed by atoms with van der Waals surface area (Å²) in [6.07, 6.45) is 0. The number of anilines is 1. The van der Waals surface area contributed by atoms with Crippen LogP contribution in [-0.2, 0) is 0 Å². The third-order valence-corrected chi connectivity index (χ3v) is 3.76. The van der Waals surface area contributed by atoms with E-state index in [1.165, 1.54) is 0 Å². The molecule has 2 N–H and O–H groups in total. The average Bonchev–Trinajstić information content (AvgIpc) is 2.89. The van der Waals surface area contributed by atoms with Gasteiger partial charge in [-0.1, -0.05) is 27.5 Å². The summed E-state index contributed by atoms with van der Waals surface area (Å²) in [7, 11) is 0. The molecule has 0 atom stereocenters. The standard InChI is InChI=1S/C14H11BrClN5/c1-8-4-9(15)6-11(5-8)21-14(18-19-20-21)12-7-10(17)2-3-13(12)16/h2-7H,17H2,1H3. The molecule has 2 aromatic carbocycles. The van der Waals surface area contributed by atoms with E-state index in [-0.39, 0.29) is 0 Å². The Kier molecular flexibility index (Phi) is 3.65. The van der Waals surface area contributed by atoms with Crippen LogP contribution in [0.3, 0.4) is 0 Å². The molecule has 0 radical (unpaired) electrons. The largest absolute Gasteiger partial charge is 0.399 e. The molecule has 0 saturated heterocycles. The van der Waals surface area contributed by atoms with Gasteiger partial charge in [-0.2, -0.15) is 4.68 Å². The molecule has 1 aromatic heterocycles. The lowest BCUT2D eigenvalue weighted by Crippen LogP contribution is -2.01. The lowest BCUT2D eigenvalue weighted by atomic mass is 10.1. The van der Waals surface area contributed by atoms with Crippen LogP contribution in [0, 0.1) is 6.92 Å². The number of aromatic nitrogens is 4. The first-order valence-electron chi connectivity index (χ1n) is 6.16. The summed E-state index contributed by atoms with van der Waals surface area (Å²) >= 11 is 9.71. The van der Waals surface area contributed by atoms with Crippen molar-refractivity contribution in [2.75, 3.05) is 5.73 Å². The second kappa shape index (κ2) is 5.46. The number of benzene rings is 2. The van der Waals surface area contributed by atoms with Gasteiger partial charge in [0, 0.05) is 15.7 Å². The molecule has 3 rings (SSSR count). The molecule has 0 unspecified atom stereocenters. The quantitative estimate of drug-likeness (QED) is 0.705. The van der Waals surface area contributed by atoms with E-state index in [2.05, 4.69) is 31.5 Å². The molecule has 5 nitrogen and oxygen atoms in total. The minimum Gasteiger partial charge on any atom is -0.399 e. The molecule has 3 aromatic rings. The Morgan fingerprint density at radius 3 is 2.76 bits per heavy atom. The highest BCUT2D eigenvalue weighted by molar-refractivity contribution is 9.10. The normalized spacial score (nSPS) is 10.8. The number of halogens is 2. The summed E-state index contributed by atoms with van der Waals surface area (Å²) in [5.74, 6) is 0.546. The first kappa shape index (κ1) is 14.0. The molecule has 0 spiro atoms. The van der Waals surface area contributed by atoms with Crippen LogP contribution in [0.4, 0.5) is 5.69 Å². The molecule has 0 amide bonds. The summed E-state index contributed by atoms with van der Waals surface area (Å²) in [4.78, 5) is 0. The molecule has 1 heterocycles. The van der Waals surface area contributed by atoms with Crippen LogP contribution in [0.5, 0.6) is 0 Å². The Morgan fingerprint density at radius 2 is 2.00 bits per heavy atom. The van der Waals surface area contributed by atoms with Crippen LogP contribution in [0.1, 0.15) is 5.56 Å². The summed E-state index contributed by atoms with van der Waals surface area (Å²) in [6.45, 7) is 2.01. The fourth-order valence-corrected chi connectivity index (χ4v) is 2.88. The van der Waals surface area contributed by atoms with Crippen molar-refractivity contribution in [2.45, 2.75) is 6.92 Å². The lowest BCUT2D eigenvalue weighted by Gasteiger charge is -2.08. The fourth-order valence-electron chi connectivity index (χ4n) is 2.08. The zero-order chi connectivity index (χ0) is 15.0. The molecule has 106 valence electrons. The minimum absolute atomic E-state index is 0.546. The van der Waals surface area contributed by atoms with Crippen LogP contribution in [0.2, 0.25) is 5.02 Å². The van der Waals surface area contributed by atoms with Gasteiger partial charge in [0.15, 0.2) is 5.82 Å². The Hall–Kier alpha value is -1.92. The number of rotatable bonds is 2. The van der Waals surface area contributed by atoms with Gasteiger partial charge in [-0.25, -0.2) is 0 Å². The van der Waals surface area contributed by atoms with Gasteiger partial charge < -0.3 is 5.73 Å². The molecule has 0 bridgehead atoms. The highest BCUT2D eigenvalue weighted by atomic mass is 79.9. The molecule has 0 aliphatic carbocycles. The van der Waals surface area contributed by atoms with Crippen molar-refractivity contribution >= 4 is 33.2 Å². The van der Waals surface area contributed by atoms with Crippen molar-refractivity contribution in [3.63, 3.8) is 0 Å². The van der Waals surface area contributed by atoms with E-state index in [1.54, 1.807) is 22.9 Å². The first-order chi connectivity index (χ1) is 10.0. The smallest absolute Gasteiger partial charge is 0.188 e. The summed E-state index contributed by atoms with van der Waals surface area (Å²) in [6, 6.07) is 11.2. The van der Waals surface area contributed by atoms with Gasteiger partial charge >= 0.3 is 0 Å². The van der Waals surface area contributed by atoms with Crippen LogP contribution < -0.4 is 5.73 Å². The van der Waals surface area contributed by atoms with E-state index >= 15 is 0 Å². The third kappa shape index (κ3) is 2.77. The van der Waals surface area contributed by atoms with Gasteiger partial charge in [0.25, 0.3) is 0 Å². The average molecular weight is 365 g/mol. The van der Waals surface area contributed by atoms with Crippen LogP contribution in [0.15, 0.2) is 40.9 Å². The van der Waals surface area contributed by atoms with Crippen LogP contribution in [0.25, 0.3) is 17.1 Å². The van der Waals surface area contributed by atoms with Crippen molar-refractivity contribution in [3.05, 3.63) is 51.5 Å². The van der Waals surface area contributed by atoms with Gasteiger partial charge in [-0.3, -0.25) is 0 Å². The molecular weight excluding hydrogens is 354 g/mol. The molecular formula is C14H11BrClN5. The lowest BCUT2D eigenvalue weighted by molar-refractivity contribution is 0.790. The Balaban J connectivity index is 2.19. The number of hydrogen-bond acceptors (Lipinski definition) is 4. The van der Waals surface area contributed by atoms with Gasteiger partial charge in [0.2, 0.25) is 0 Å². The SMILES string of the molecule is Cc1cc(Br)cc(-n2nnnc2-c2cc(N)ccc2Cl)c1. The molecule has 21 heavy (non-hydrogen) atoms. The van der Waals surface area contributed by atoms with Crippen molar-refractivity contribution in [2.24, 2.45) is 0 Å². The maximum Gasteiger partial charge on any atom is 0.188 e. The van der Waals surface area contributed by atoms with Crippen molar-refractivity contribution in [1.29, 1.82) is 0 Å². The molecule has 7 heteroatoms. The van der Waals surface area contributed by atoms with Gasteiger partial charge in [-0.15, -0.1) is 5.10 Å². The topological polar surface area (TPSA) is 69.6 Å².